The van der Waals surface area contributed by atoms with Crippen LogP contribution >= 0.6 is 0 Å². The summed E-state index contributed by atoms with van der Waals surface area (Å²) in [5.74, 6) is -0.389. The van der Waals surface area contributed by atoms with E-state index in [0.29, 0.717) is 0 Å². The monoisotopic (exact) mass is 140 g/mol. The molecule has 10 heavy (non-hydrogen) atoms. The highest BCUT2D eigenvalue weighted by Crippen LogP contribution is 1.99. The van der Waals surface area contributed by atoms with Crippen molar-refractivity contribution in [3.63, 3.8) is 0 Å². The Labute approximate surface area is 57.9 Å². The normalized spacial score (nSPS) is 12.9. The highest BCUT2D eigenvalue weighted by atomic mass is 16.1. The van der Waals surface area contributed by atoms with Crippen molar-refractivity contribution in [1.82, 2.24) is 14.8 Å². The maximum atomic E-state index is 10.5. The summed E-state index contributed by atoms with van der Waals surface area (Å²) in [5, 5.41) is 7.06. The fraction of sp³-hybridized carbons (Fsp3) is 0.400. The Balaban J connectivity index is 2.77. The van der Waals surface area contributed by atoms with E-state index in [-0.39, 0.29) is 11.9 Å². The van der Waals surface area contributed by atoms with E-state index in [1.165, 1.54) is 12.7 Å². The number of nitrogens with two attached hydrogens (primary N) is 1. The Bertz CT molecular complexity index is 218. The highest BCUT2D eigenvalue weighted by molar-refractivity contribution is 5.77. The second-order valence-corrected chi connectivity index (χ2v) is 1.99. The minimum atomic E-state index is -0.389. The van der Waals surface area contributed by atoms with Crippen LogP contribution in [0.25, 0.3) is 0 Å². The Hall–Kier alpha value is -1.39. The van der Waals surface area contributed by atoms with Crippen molar-refractivity contribution in [3.8, 4) is 0 Å². The molecule has 1 amide bonds. The molecular weight excluding hydrogens is 132 g/mol. The van der Waals surface area contributed by atoms with Crippen molar-refractivity contribution in [3.05, 3.63) is 12.7 Å². The van der Waals surface area contributed by atoms with Crippen molar-refractivity contribution in [2.75, 3.05) is 0 Å². The summed E-state index contributed by atoms with van der Waals surface area (Å²) >= 11 is 0. The van der Waals surface area contributed by atoms with Crippen molar-refractivity contribution in [1.29, 1.82) is 0 Å². The second-order valence-electron chi connectivity index (χ2n) is 1.99. The van der Waals surface area contributed by atoms with E-state index < -0.39 is 0 Å². The predicted octanol–water partition coefficient (Wildman–Crippen LogP) is -0.676. The molecule has 0 spiro atoms. The van der Waals surface area contributed by atoms with Gasteiger partial charge >= 0.3 is 0 Å². The number of primary amides is 1. The summed E-state index contributed by atoms with van der Waals surface area (Å²) in [4.78, 5) is 10.5. The number of amides is 1. The van der Waals surface area contributed by atoms with Gasteiger partial charge in [0.25, 0.3) is 0 Å². The fourth-order valence-electron chi connectivity index (χ4n) is 0.556. The molecule has 0 saturated carbocycles. The summed E-state index contributed by atoms with van der Waals surface area (Å²) < 4.78 is 1.54. The standard InChI is InChI=1S/C5H8N4O/c1-4(5(6)10)9-2-7-8-3-9/h2-4H,1H3,(H2,6,10). The van der Waals surface area contributed by atoms with Gasteiger partial charge in [-0.15, -0.1) is 10.2 Å². The maximum absolute atomic E-state index is 10.5. The summed E-state index contributed by atoms with van der Waals surface area (Å²) in [6, 6.07) is -0.366. The molecule has 0 aliphatic rings. The van der Waals surface area contributed by atoms with E-state index in [4.69, 9.17) is 5.73 Å². The van der Waals surface area contributed by atoms with Crippen molar-refractivity contribution >= 4 is 5.91 Å². The molecule has 0 radical (unpaired) electrons. The topological polar surface area (TPSA) is 73.8 Å². The summed E-state index contributed by atoms with van der Waals surface area (Å²) in [7, 11) is 0. The lowest BCUT2D eigenvalue weighted by molar-refractivity contribution is -0.120. The average Bonchev–Trinajstić information content (AvgIpc) is 2.36. The molecule has 1 aromatic heterocycles. The Kier molecular flexibility index (Phi) is 1.66. The average molecular weight is 140 g/mol. The van der Waals surface area contributed by atoms with Crippen LogP contribution in [-0.4, -0.2) is 20.7 Å². The Morgan fingerprint density at radius 1 is 1.60 bits per heavy atom. The minimum Gasteiger partial charge on any atom is -0.368 e. The van der Waals surface area contributed by atoms with Crippen molar-refractivity contribution < 1.29 is 4.79 Å². The molecule has 0 bridgehead atoms. The van der Waals surface area contributed by atoms with Gasteiger partial charge in [0.15, 0.2) is 0 Å². The first-order valence-electron chi connectivity index (χ1n) is 2.85. The second kappa shape index (κ2) is 2.47. The molecule has 0 aliphatic carbocycles. The first-order valence-corrected chi connectivity index (χ1v) is 2.85. The number of carbonyl (C=O) groups is 1. The molecule has 1 aromatic rings. The van der Waals surface area contributed by atoms with E-state index in [0.717, 1.165) is 0 Å². The van der Waals surface area contributed by atoms with Gasteiger partial charge in [-0.3, -0.25) is 4.79 Å². The predicted molar refractivity (Wildman–Crippen MR) is 33.9 cm³/mol. The van der Waals surface area contributed by atoms with Gasteiger partial charge in [0, 0.05) is 0 Å². The number of rotatable bonds is 2. The van der Waals surface area contributed by atoms with Crippen molar-refractivity contribution in [2.45, 2.75) is 13.0 Å². The van der Waals surface area contributed by atoms with Crippen LogP contribution < -0.4 is 5.73 Å². The van der Waals surface area contributed by atoms with Crippen LogP contribution in [0.15, 0.2) is 12.7 Å². The molecule has 0 saturated heterocycles. The van der Waals surface area contributed by atoms with Gasteiger partial charge in [-0.25, -0.2) is 0 Å². The van der Waals surface area contributed by atoms with Gasteiger partial charge < -0.3 is 10.3 Å². The molecule has 1 rings (SSSR count). The van der Waals surface area contributed by atoms with Crippen molar-refractivity contribution in [2.24, 2.45) is 5.73 Å². The van der Waals surface area contributed by atoms with Crippen LogP contribution in [-0.2, 0) is 4.79 Å². The van der Waals surface area contributed by atoms with Gasteiger partial charge in [0.1, 0.15) is 18.7 Å². The number of hydrogen-bond acceptors (Lipinski definition) is 3. The highest BCUT2D eigenvalue weighted by Gasteiger charge is 2.08. The SMILES string of the molecule is CC(C(N)=O)n1cnnc1. The van der Waals surface area contributed by atoms with E-state index in [2.05, 4.69) is 10.2 Å². The zero-order valence-electron chi connectivity index (χ0n) is 5.56. The van der Waals surface area contributed by atoms with Crippen LogP contribution in [0, 0.1) is 0 Å². The molecule has 0 aliphatic heterocycles. The molecular formula is C5H8N4O. The van der Waals surface area contributed by atoms with Gasteiger partial charge in [0.05, 0.1) is 0 Å². The third kappa shape index (κ3) is 1.12. The molecule has 5 heteroatoms. The maximum Gasteiger partial charge on any atom is 0.240 e. The van der Waals surface area contributed by atoms with E-state index >= 15 is 0 Å². The van der Waals surface area contributed by atoms with Gasteiger partial charge in [0.2, 0.25) is 5.91 Å². The molecule has 1 unspecified atom stereocenters. The van der Waals surface area contributed by atoms with Gasteiger partial charge in [-0.05, 0) is 6.92 Å². The summed E-state index contributed by atoms with van der Waals surface area (Å²) in [6.45, 7) is 1.69. The number of nitrogens with zero attached hydrogens (tertiary/aromatic N) is 3. The molecule has 0 fully saturated rings. The van der Waals surface area contributed by atoms with Gasteiger partial charge in [-0.1, -0.05) is 0 Å². The van der Waals surface area contributed by atoms with Gasteiger partial charge in [-0.2, -0.15) is 0 Å². The third-order valence-electron chi connectivity index (χ3n) is 1.30. The Morgan fingerprint density at radius 2 is 2.10 bits per heavy atom. The fourth-order valence-corrected chi connectivity index (χ4v) is 0.556. The number of aromatic nitrogens is 3. The lowest BCUT2D eigenvalue weighted by Crippen LogP contribution is -2.22. The Morgan fingerprint density at radius 3 is 2.50 bits per heavy atom. The first-order chi connectivity index (χ1) is 4.72. The molecule has 1 atom stereocenters. The molecule has 54 valence electrons. The van der Waals surface area contributed by atoms with Crippen LogP contribution in [0.3, 0.4) is 0 Å². The lowest BCUT2D eigenvalue weighted by Gasteiger charge is -2.05. The van der Waals surface area contributed by atoms with E-state index in [1.807, 2.05) is 0 Å². The van der Waals surface area contributed by atoms with Crippen LogP contribution in [0.1, 0.15) is 13.0 Å². The van der Waals surface area contributed by atoms with E-state index in [9.17, 15) is 4.79 Å². The number of hydrogen-bond donors (Lipinski definition) is 1. The summed E-state index contributed by atoms with van der Waals surface area (Å²) in [5.41, 5.74) is 5.01. The smallest absolute Gasteiger partial charge is 0.240 e. The lowest BCUT2D eigenvalue weighted by atomic mass is 10.3. The zero-order chi connectivity index (χ0) is 7.56. The molecule has 2 N–H and O–H groups in total. The molecule has 0 aromatic carbocycles. The van der Waals surface area contributed by atoms with E-state index in [1.54, 1.807) is 11.5 Å². The first kappa shape index (κ1) is 6.73. The largest absolute Gasteiger partial charge is 0.368 e. The zero-order valence-corrected chi connectivity index (χ0v) is 5.56. The summed E-state index contributed by atoms with van der Waals surface area (Å²) in [6.07, 6.45) is 2.91. The number of carbonyl (C=O) groups excluding carboxylic acids is 1. The third-order valence-corrected chi connectivity index (χ3v) is 1.30. The molecule has 1 heterocycles. The minimum absolute atomic E-state index is 0.366. The van der Waals surface area contributed by atoms with Crippen LogP contribution in [0.2, 0.25) is 0 Å². The quantitative estimate of drug-likeness (QED) is 0.591. The van der Waals surface area contributed by atoms with Crippen LogP contribution in [0.4, 0.5) is 0 Å². The van der Waals surface area contributed by atoms with Crippen LogP contribution in [0.5, 0.6) is 0 Å². The molecule has 5 nitrogen and oxygen atoms in total.